The minimum absolute atomic E-state index is 0.0201. The summed E-state index contributed by atoms with van der Waals surface area (Å²) in [4.78, 5) is 28.9. The summed E-state index contributed by atoms with van der Waals surface area (Å²) in [5.74, 6) is -2.30. The van der Waals surface area contributed by atoms with Crippen molar-refractivity contribution in [2.75, 3.05) is 31.4 Å². The van der Waals surface area contributed by atoms with Gasteiger partial charge in [0.25, 0.3) is 10.0 Å². The lowest BCUT2D eigenvalue weighted by atomic mass is 9.92. The second-order valence-electron chi connectivity index (χ2n) is 6.89. The van der Waals surface area contributed by atoms with E-state index in [0.29, 0.717) is 17.0 Å². The molecule has 0 bridgehead atoms. The number of carbonyl (C=O) groups excluding carboxylic acids is 2. The van der Waals surface area contributed by atoms with E-state index in [1.54, 1.807) is 29.6 Å². The molecule has 0 radical (unpaired) electrons. The van der Waals surface area contributed by atoms with E-state index in [1.807, 2.05) is 0 Å². The van der Waals surface area contributed by atoms with E-state index in [1.165, 1.54) is 51.8 Å². The molecule has 2 aromatic carbocycles. The maximum Gasteiger partial charge on any atom is 0.322 e. The molecule has 0 aliphatic rings. The van der Waals surface area contributed by atoms with Gasteiger partial charge >= 0.3 is 11.9 Å². The lowest BCUT2D eigenvalue weighted by molar-refractivity contribution is -0.159. The highest BCUT2D eigenvalue weighted by molar-refractivity contribution is 7.93. The molecule has 0 saturated heterocycles. The lowest BCUT2D eigenvalue weighted by Gasteiger charge is -2.26. The number of thiazole rings is 1. The maximum atomic E-state index is 12.6. The van der Waals surface area contributed by atoms with E-state index in [4.69, 9.17) is 14.2 Å². The summed E-state index contributed by atoms with van der Waals surface area (Å²) in [6.07, 6.45) is 1.49. The summed E-state index contributed by atoms with van der Waals surface area (Å²) in [6.45, 7) is 0. The van der Waals surface area contributed by atoms with Gasteiger partial charge in [-0.1, -0.05) is 12.1 Å². The Morgan fingerprint density at radius 3 is 2.06 bits per heavy atom. The summed E-state index contributed by atoms with van der Waals surface area (Å²) >= 11 is 1.16. The summed E-state index contributed by atoms with van der Waals surface area (Å²) in [7, 11) is 0.0499. The molecule has 0 fully saturated rings. The van der Waals surface area contributed by atoms with E-state index in [2.05, 4.69) is 15.0 Å². The fourth-order valence-electron chi connectivity index (χ4n) is 3.15. The Morgan fingerprint density at radius 1 is 0.941 bits per heavy atom. The van der Waals surface area contributed by atoms with Crippen molar-refractivity contribution >= 4 is 44.1 Å². The molecule has 0 spiro atoms. The van der Waals surface area contributed by atoms with Crippen LogP contribution in [0.1, 0.15) is 11.6 Å². The number of aromatic nitrogens is 1. The quantitative estimate of drug-likeness (QED) is 0.315. The van der Waals surface area contributed by atoms with E-state index in [-0.39, 0.29) is 10.0 Å². The molecular weight excluding hydrogens is 482 g/mol. The van der Waals surface area contributed by atoms with Gasteiger partial charge in [-0.2, -0.15) is 0 Å². The number of carbonyl (C=O) groups is 2. The van der Waals surface area contributed by atoms with Crippen LogP contribution in [0.2, 0.25) is 0 Å². The fourth-order valence-corrected chi connectivity index (χ4v) is 4.94. The van der Waals surface area contributed by atoms with Crippen LogP contribution in [-0.2, 0) is 29.1 Å². The van der Waals surface area contributed by atoms with Crippen molar-refractivity contribution in [2.45, 2.75) is 10.9 Å². The van der Waals surface area contributed by atoms with Gasteiger partial charge < -0.3 is 19.5 Å². The lowest BCUT2D eigenvalue weighted by Crippen LogP contribution is -2.35. The third kappa shape index (κ3) is 5.83. The number of hydrogen-bond acceptors (Lipinski definition) is 10. The van der Waals surface area contributed by atoms with Crippen molar-refractivity contribution in [3.05, 3.63) is 65.7 Å². The molecule has 1 heterocycles. The average molecular weight is 506 g/mol. The maximum absolute atomic E-state index is 12.6. The first-order valence-electron chi connectivity index (χ1n) is 9.87. The first-order chi connectivity index (χ1) is 16.3. The van der Waals surface area contributed by atoms with Gasteiger partial charge in [-0.25, -0.2) is 13.4 Å². The highest BCUT2D eigenvalue weighted by atomic mass is 32.2. The van der Waals surface area contributed by atoms with Gasteiger partial charge in [0.05, 0.1) is 32.3 Å². The third-order valence-corrected chi connectivity index (χ3v) is 7.03. The molecule has 2 N–H and O–H groups in total. The Balaban J connectivity index is 1.92. The van der Waals surface area contributed by atoms with Crippen LogP contribution in [0.15, 0.2) is 65.0 Å². The SMILES string of the molecule is COC(=O)C(C(=O)OC)[C@H](Nc1ccc(S(=O)(=O)Nc2nccs2)cc1)c1ccc(OC)cc1. The number of ether oxygens (including phenoxy) is 3. The minimum atomic E-state index is -3.83. The highest BCUT2D eigenvalue weighted by Gasteiger charge is 2.38. The second-order valence-corrected chi connectivity index (χ2v) is 9.46. The van der Waals surface area contributed by atoms with Crippen LogP contribution >= 0.6 is 11.3 Å². The zero-order valence-corrected chi connectivity index (χ0v) is 20.2. The van der Waals surface area contributed by atoms with Crippen molar-refractivity contribution in [3.8, 4) is 5.75 Å². The van der Waals surface area contributed by atoms with Crippen molar-refractivity contribution in [1.29, 1.82) is 0 Å². The molecule has 0 aliphatic heterocycles. The summed E-state index contributed by atoms with van der Waals surface area (Å²) in [5.41, 5.74) is 1.05. The van der Waals surface area contributed by atoms with Crippen molar-refractivity contribution < 1.29 is 32.2 Å². The zero-order valence-electron chi connectivity index (χ0n) is 18.5. The molecule has 0 aliphatic carbocycles. The van der Waals surface area contributed by atoms with Crippen LogP contribution in [0.5, 0.6) is 5.75 Å². The monoisotopic (exact) mass is 505 g/mol. The fraction of sp³-hybridized carbons (Fsp3) is 0.227. The Morgan fingerprint density at radius 2 is 1.56 bits per heavy atom. The Hall–Kier alpha value is -3.64. The zero-order chi connectivity index (χ0) is 24.7. The van der Waals surface area contributed by atoms with Crippen LogP contribution in [0.3, 0.4) is 0 Å². The first-order valence-corrected chi connectivity index (χ1v) is 12.2. The summed E-state index contributed by atoms with van der Waals surface area (Å²) in [6, 6.07) is 11.8. The van der Waals surface area contributed by atoms with Crippen LogP contribution in [0, 0.1) is 5.92 Å². The predicted molar refractivity (Wildman–Crippen MR) is 126 cm³/mol. The molecule has 180 valence electrons. The van der Waals surface area contributed by atoms with Gasteiger partial charge in [-0.05, 0) is 42.0 Å². The normalized spacial score (nSPS) is 12.0. The molecule has 3 aromatic rings. The number of sulfonamides is 1. The molecule has 12 heteroatoms. The number of nitrogens with zero attached hydrogens (tertiary/aromatic N) is 1. The van der Waals surface area contributed by atoms with Gasteiger partial charge in [0.1, 0.15) is 5.75 Å². The number of esters is 2. The number of nitrogens with one attached hydrogen (secondary N) is 2. The number of hydrogen-bond donors (Lipinski definition) is 2. The second kappa shape index (κ2) is 11.0. The Kier molecular flexibility index (Phi) is 8.08. The van der Waals surface area contributed by atoms with Crippen LogP contribution in [-0.4, -0.2) is 46.7 Å². The van der Waals surface area contributed by atoms with Gasteiger partial charge in [0.15, 0.2) is 11.0 Å². The number of benzene rings is 2. The van der Waals surface area contributed by atoms with Crippen molar-refractivity contribution in [3.63, 3.8) is 0 Å². The topological polar surface area (TPSA) is 133 Å². The van der Waals surface area contributed by atoms with E-state index >= 15 is 0 Å². The molecule has 3 rings (SSSR count). The average Bonchev–Trinajstić information content (AvgIpc) is 3.36. The van der Waals surface area contributed by atoms with Crippen LogP contribution in [0.25, 0.3) is 0 Å². The summed E-state index contributed by atoms with van der Waals surface area (Å²) in [5, 5.41) is 5.03. The molecule has 1 atom stereocenters. The van der Waals surface area contributed by atoms with Crippen LogP contribution < -0.4 is 14.8 Å². The standard InChI is InChI=1S/C22H23N3O7S2/c1-30-16-8-4-14(5-9-16)19(18(20(26)31-2)21(27)32-3)24-15-6-10-17(11-7-15)34(28,29)25-22-23-12-13-33-22/h4-13,18-19,24H,1-3H3,(H,23,25)/t19-/m1/s1. The molecule has 34 heavy (non-hydrogen) atoms. The molecular formula is C22H23N3O7S2. The van der Waals surface area contributed by atoms with E-state index < -0.39 is 33.9 Å². The van der Waals surface area contributed by atoms with Gasteiger partial charge in [-0.15, -0.1) is 11.3 Å². The molecule has 0 unspecified atom stereocenters. The first kappa shape index (κ1) is 25.0. The Bertz CT molecular complexity index is 1200. The number of rotatable bonds is 10. The van der Waals surface area contributed by atoms with Crippen molar-refractivity contribution in [2.24, 2.45) is 5.92 Å². The van der Waals surface area contributed by atoms with Gasteiger partial charge in [-0.3, -0.25) is 14.3 Å². The predicted octanol–water partition coefficient (Wildman–Crippen LogP) is 3.07. The number of anilines is 2. The van der Waals surface area contributed by atoms with E-state index in [9.17, 15) is 18.0 Å². The smallest absolute Gasteiger partial charge is 0.322 e. The molecule has 1 aromatic heterocycles. The minimum Gasteiger partial charge on any atom is -0.497 e. The van der Waals surface area contributed by atoms with E-state index in [0.717, 1.165) is 11.3 Å². The van der Waals surface area contributed by atoms with Crippen LogP contribution in [0.4, 0.5) is 10.8 Å². The van der Waals surface area contributed by atoms with Gasteiger partial charge in [0.2, 0.25) is 0 Å². The summed E-state index contributed by atoms with van der Waals surface area (Å²) < 4.78 is 42.4. The van der Waals surface area contributed by atoms with Gasteiger partial charge in [0, 0.05) is 17.3 Å². The largest absolute Gasteiger partial charge is 0.497 e. The molecule has 0 saturated carbocycles. The highest BCUT2D eigenvalue weighted by Crippen LogP contribution is 2.31. The molecule has 0 amide bonds. The number of methoxy groups -OCH3 is 3. The third-order valence-electron chi connectivity index (χ3n) is 4.86. The Labute approximate surface area is 200 Å². The van der Waals surface area contributed by atoms with Crippen molar-refractivity contribution in [1.82, 2.24) is 4.98 Å². The molecule has 10 nitrogen and oxygen atoms in total.